The first-order chi connectivity index (χ1) is 8.74. The van der Waals surface area contributed by atoms with E-state index in [-0.39, 0.29) is 18.4 Å². The van der Waals surface area contributed by atoms with Crippen LogP contribution in [-0.4, -0.2) is 35.2 Å². The molecule has 20 heavy (non-hydrogen) atoms. The Bertz CT molecular complexity index is 377. The van der Waals surface area contributed by atoms with Crippen LogP contribution in [0.25, 0.3) is 0 Å². The molecule has 4 N–H and O–H groups in total. The molecular formula is C12H21F3N2O3. The first kappa shape index (κ1) is 18.7. The number of carboxylic acid groups (broad SMARTS) is 1. The number of hydrogen-bond acceptors (Lipinski definition) is 3. The van der Waals surface area contributed by atoms with Crippen LogP contribution in [0.15, 0.2) is 0 Å². The number of nitrogens with one attached hydrogen (secondary N) is 1. The van der Waals surface area contributed by atoms with Crippen molar-refractivity contribution in [3.8, 4) is 0 Å². The van der Waals surface area contributed by atoms with Gasteiger partial charge in [0, 0.05) is 6.54 Å². The summed E-state index contributed by atoms with van der Waals surface area (Å²) in [5.74, 6) is -4.05. The zero-order chi connectivity index (χ0) is 16.4. The Balaban J connectivity index is 5.16. The Labute approximate surface area is 115 Å². The minimum Gasteiger partial charge on any atom is -0.479 e. The summed E-state index contributed by atoms with van der Waals surface area (Å²) in [6.45, 7) is 5.68. The molecule has 0 aliphatic rings. The van der Waals surface area contributed by atoms with Gasteiger partial charge in [0.25, 0.3) is 0 Å². The average molecular weight is 298 g/mol. The first-order valence-electron chi connectivity index (χ1n) is 6.07. The van der Waals surface area contributed by atoms with Crippen molar-refractivity contribution < 1.29 is 27.9 Å². The number of halogens is 3. The van der Waals surface area contributed by atoms with E-state index in [0.717, 1.165) is 0 Å². The molecule has 0 aliphatic carbocycles. The standard InChI is InChI=1S/C12H21F3N2O3/c1-10(2,3)5-7(6-16)8(18)17-11(4,9(19)20)12(13,14)15/h7H,5-6,16H2,1-4H3,(H,17,18)(H,19,20). The summed E-state index contributed by atoms with van der Waals surface area (Å²) in [7, 11) is 0. The molecule has 0 saturated carbocycles. The lowest BCUT2D eigenvalue weighted by atomic mass is 9.84. The molecule has 0 rings (SSSR count). The molecule has 0 aromatic heterocycles. The van der Waals surface area contributed by atoms with Gasteiger partial charge in [-0.25, -0.2) is 4.79 Å². The fraction of sp³-hybridized carbons (Fsp3) is 0.833. The number of carbonyl (C=O) groups is 2. The van der Waals surface area contributed by atoms with Crippen molar-refractivity contribution in [2.24, 2.45) is 17.1 Å². The molecule has 118 valence electrons. The Morgan fingerprint density at radius 2 is 1.65 bits per heavy atom. The molecular weight excluding hydrogens is 277 g/mol. The molecule has 0 aromatic carbocycles. The predicted molar refractivity (Wildman–Crippen MR) is 66.9 cm³/mol. The molecule has 0 aromatic rings. The molecule has 5 nitrogen and oxygen atoms in total. The van der Waals surface area contributed by atoms with Crippen LogP contribution in [-0.2, 0) is 9.59 Å². The van der Waals surface area contributed by atoms with Gasteiger partial charge in [-0.3, -0.25) is 4.79 Å². The zero-order valence-electron chi connectivity index (χ0n) is 12.0. The van der Waals surface area contributed by atoms with Crippen molar-refractivity contribution >= 4 is 11.9 Å². The number of carboxylic acids is 1. The number of amides is 1. The third-order valence-corrected chi connectivity index (χ3v) is 2.88. The highest BCUT2D eigenvalue weighted by Gasteiger charge is 2.58. The summed E-state index contributed by atoms with van der Waals surface area (Å²) < 4.78 is 38.4. The Hall–Kier alpha value is -1.31. The molecule has 0 aliphatic heterocycles. The highest BCUT2D eigenvalue weighted by Crippen LogP contribution is 2.31. The molecule has 0 spiro atoms. The van der Waals surface area contributed by atoms with Gasteiger partial charge in [0.1, 0.15) is 0 Å². The molecule has 8 heteroatoms. The van der Waals surface area contributed by atoms with Gasteiger partial charge in [0.2, 0.25) is 11.4 Å². The van der Waals surface area contributed by atoms with Crippen LogP contribution in [0.5, 0.6) is 0 Å². The van der Waals surface area contributed by atoms with Crippen LogP contribution in [0, 0.1) is 11.3 Å². The maximum absolute atomic E-state index is 12.8. The Kier molecular flexibility index (Phi) is 5.59. The van der Waals surface area contributed by atoms with E-state index < -0.39 is 29.5 Å². The lowest BCUT2D eigenvalue weighted by Gasteiger charge is -2.31. The molecule has 0 bridgehead atoms. The van der Waals surface area contributed by atoms with Crippen molar-refractivity contribution in [1.29, 1.82) is 0 Å². The minimum absolute atomic E-state index is 0.156. The molecule has 0 heterocycles. The van der Waals surface area contributed by atoms with Gasteiger partial charge in [0.05, 0.1) is 5.92 Å². The van der Waals surface area contributed by atoms with E-state index in [4.69, 9.17) is 10.8 Å². The molecule has 0 radical (unpaired) electrons. The number of aliphatic carboxylic acids is 1. The van der Waals surface area contributed by atoms with Crippen LogP contribution < -0.4 is 11.1 Å². The summed E-state index contributed by atoms with van der Waals surface area (Å²) in [6.07, 6.45) is -4.85. The molecule has 1 amide bonds. The molecule has 2 atom stereocenters. The summed E-state index contributed by atoms with van der Waals surface area (Å²) >= 11 is 0. The molecule has 0 saturated heterocycles. The molecule has 0 fully saturated rings. The fourth-order valence-electron chi connectivity index (χ4n) is 1.62. The largest absolute Gasteiger partial charge is 0.479 e. The second-order valence-corrected chi connectivity index (χ2v) is 6.11. The Morgan fingerprint density at radius 3 is 1.90 bits per heavy atom. The van der Waals surface area contributed by atoms with Crippen LogP contribution in [0.3, 0.4) is 0 Å². The van der Waals surface area contributed by atoms with Gasteiger partial charge >= 0.3 is 12.1 Å². The lowest BCUT2D eigenvalue weighted by Crippen LogP contribution is -2.63. The molecule has 2 unspecified atom stereocenters. The maximum atomic E-state index is 12.8. The van der Waals surface area contributed by atoms with Crippen LogP contribution in [0.1, 0.15) is 34.1 Å². The van der Waals surface area contributed by atoms with Crippen LogP contribution in [0.2, 0.25) is 0 Å². The van der Waals surface area contributed by atoms with Gasteiger partial charge in [-0.15, -0.1) is 0 Å². The van der Waals surface area contributed by atoms with Crippen molar-refractivity contribution in [1.82, 2.24) is 5.32 Å². The minimum atomic E-state index is -5.10. The number of rotatable bonds is 5. The fourth-order valence-corrected chi connectivity index (χ4v) is 1.62. The smallest absolute Gasteiger partial charge is 0.422 e. The van der Waals surface area contributed by atoms with E-state index in [1.807, 2.05) is 20.8 Å². The first-order valence-corrected chi connectivity index (χ1v) is 6.07. The third kappa shape index (κ3) is 4.66. The number of carbonyl (C=O) groups excluding carboxylic acids is 1. The monoisotopic (exact) mass is 298 g/mol. The average Bonchev–Trinajstić information content (AvgIpc) is 2.22. The van der Waals surface area contributed by atoms with Crippen molar-refractivity contribution in [3.05, 3.63) is 0 Å². The van der Waals surface area contributed by atoms with E-state index in [0.29, 0.717) is 6.92 Å². The van der Waals surface area contributed by atoms with E-state index in [2.05, 4.69) is 0 Å². The second-order valence-electron chi connectivity index (χ2n) is 6.11. The van der Waals surface area contributed by atoms with Gasteiger partial charge in [0.15, 0.2) is 0 Å². The highest BCUT2D eigenvalue weighted by molar-refractivity contribution is 5.88. The SMILES string of the molecule is CC(C)(C)CC(CN)C(=O)NC(C)(C(=O)O)C(F)(F)F. The Morgan fingerprint density at radius 1 is 1.20 bits per heavy atom. The summed E-state index contributed by atoms with van der Waals surface area (Å²) in [5.41, 5.74) is 1.75. The third-order valence-electron chi connectivity index (χ3n) is 2.88. The normalized spacial score (nSPS) is 17.2. The highest BCUT2D eigenvalue weighted by atomic mass is 19.4. The van der Waals surface area contributed by atoms with E-state index in [9.17, 15) is 22.8 Å². The van der Waals surface area contributed by atoms with Gasteiger partial charge in [-0.05, 0) is 18.8 Å². The zero-order valence-corrected chi connectivity index (χ0v) is 12.0. The van der Waals surface area contributed by atoms with E-state index in [1.54, 1.807) is 5.32 Å². The van der Waals surface area contributed by atoms with Gasteiger partial charge < -0.3 is 16.2 Å². The van der Waals surface area contributed by atoms with Crippen molar-refractivity contribution in [3.63, 3.8) is 0 Å². The predicted octanol–water partition coefficient (Wildman–Crippen LogP) is 1.52. The quantitative estimate of drug-likeness (QED) is 0.717. The number of hydrogen-bond donors (Lipinski definition) is 3. The van der Waals surface area contributed by atoms with Crippen LogP contribution >= 0.6 is 0 Å². The topological polar surface area (TPSA) is 92.4 Å². The van der Waals surface area contributed by atoms with E-state index in [1.165, 1.54) is 0 Å². The summed E-state index contributed by atoms with van der Waals surface area (Å²) in [6, 6.07) is 0. The lowest BCUT2D eigenvalue weighted by molar-refractivity contribution is -0.207. The van der Waals surface area contributed by atoms with Crippen molar-refractivity contribution in [2.75, 3.05) is 6.54 Å². The van der Waals surface area contributed by atoms with Crippen molar-refractivity contribution in [2.45, 2.75) is 45.8 Å². The summed E-state index contributed by atoms with van der Waals surface area (Å²) in [4.78, 5) is 22.7. The van der Waals surface area contributed by atoms with Gasteiger partial charge in [-0.1, -0.05) is 20.8 Å². The second kappa shape index (κ2) is 5.99. The number of alkyl halides is 3. The maximum Gasteiger partial charge on any atom is 0.422 e. The van der Waals surface area contributed by atoms with Gasteiger partial charge in [-0.2, -0.15) is 13.2 Å². The van der Waals surface area contributed by atoms with Crippen LogP contribution in [0.4, 0.5) is 13.2 Å². The van der Waals surface area contributed by atoms with E-state index >= 15 is 0 Å². The summed E-state index contributed by atoms with van der Waals surface area (Å²) in [5, 5.41) is 10.3. The number of nitrogens with two attached hydrogens (primary N) is 1.